The molecule has 3 heteroatoms. The van der Waals surface area contributed by atoms with Gasteiger partial charge in [-0.3, -0.25) is 0 Å². The predicted octanol–water partition coefficient (Wildman–Crippen LogP) is 2.50. The molecule has 0 aliphatic rings. The Bertz CT molecular complexity index is 451. The minimum atomic E-state index is -0.698. The van der Waals surface area contributed by atoms with Gasteiger partial charge < -0.3 is 14.9 Å². The van der Waals surface area contributed by atoms with E-state index in [0.29, 0.717) is 0 Å². The summed E-state index contributed by atoms with van der Waals surface area (Å²) in [6, 6.07) is 15.8. The van der Waals surface area contributed by atoms with E-state index in [-0.39, 0.29) is 12.4 Å². The first-order chi connectivity index (χ1) is 8.25. The van der Waals surface area contributed by atoms with Crippen LogP contribution in [0, 0.1) is 0 Å². The first-order valence-corrected chi connectivity index (χ1v) is 5.40. The fraction of sp³-hybridized carbons (Fsp3) is 0.143. The Hall–Kier alpha value is -2.00. The van der Waals surface area contributed by atoms with Gasteiger partial charge in [-0.1, -0.05) is 30.3 Å². The van der Waals surface area contributed by atoms with Crippen LogP contribution in [0.3, 0.4) is 0 Å². The average Bonchev–Trinajstić information content (AvgIpc) is 2.38. The Morgan fingerprint density at radius 2 is 1.59 bits per heavy atom. The van der Waals surface area contributed by atoms with E-state index in [2.05, 4.69) is 0 Å². The summed E-state index contributed by atoms with van der Waals surface area (Å²) in [5, 5.41) is 19.0. The highest BCUT2D eigenvalue weighted by atomic mass is 16.5. The molecule has 0 saturated carbocycles. The summed E-state index contributed by atoms with van der Waals surface area (Å²) in [7, 11) is 0. The van der Waals surface area contributed by atoms with E-state index < -0.39 is 6.10 Å². The molecule has 3 nitrogen and oxygen atoms in total. The number of benzene rings is 2. The standard InChI is InChI=1S/C14H14O3/c15-12-8-6-11(7-9-12)14(16)10-17-13-4-2-1-3-5-13/h1-9,14-16H,10H2. The maximum Gasteiger partial charge on any atom is 0.119 e. The van der Waals surface area contributed by atoms with Crippen LogP contribution >= 0.6 is 0 Å². The lowest BCUT2D eigenvalue weighted by atomic mass is 10.1. The Morgan fingerprint density at radius 1 is 0.941 bits per heavy atom. The van der Waals surface area contributed by atoms with Crippen LogP contribution in [0.25, 0.3) is 0 Å². The van der Waals surface area contributed by atoms with Crippen LogP contribution in [0.4, 0.5) is 0 Å². The van der Waals surface area contributed by atoms with E-state index >= 15 is 0 Å². The second-order valence-corrected chi connectivity index (χ2v) is 3.73. The fourth-order valence-corrected chi connectivity index (χ4v) is 1.48. The van der Waals surface area contributed by atoms with Gasteiger partial charge in [-0.05, 0) is 29.8 Å². The number of ether oxygens (including phenoxy) is 1. The van der Waals surface area contributed by atoms with Gasteiger partial charge in [0.25, 0.3) is 0 Å². The maximum absolute atomic E-state index is 9.87. The smallest absolute Gasteiger partial charge is 0.119 e. The topological polar surface area (TPSA) is 49.7 Å². The summed E-state index contributed by atoms with van der Waals surface area (Å²) in [5.74, 6) is 0.912. The molecule has 1 atom stereocenters. The van der Waals surface area contributed by atoms with Crippen molar-refractivity contribution < 1.29 is 14.9 Å². The molecule has 0 bridgehead atoms. The molecular formula is C14H14O3. The average molecular weight is 230 g/mol. The number of aliphatic hydroxyl groups is 1. The summed E-state index contributed by atoms with van der Waals surface area (Å²) in [6.45, 7) is 0.189. The van der Waals surface area contributed by atoms with Gasteiger partial charge in [0, 0.05) is 0 Å². The molecule has 17 heavy (non-hydrogen) atoms. The van der Waals surface area contributed by atoms with Crippen molar-refractivity contribution in [3.8, 4) is 11.5 Å². The number of para-hydroxylation sites is 1. The lowest BCUT2D eigenvalue weighted by Gasteiger charge is -2.12. The van der Waals surface area contributed by atoms with Crippen molar-refractivity contribution in [3.63, 3.8) is 0 Å². The lowest BCUT2D eigenvalue weighted by molar-refractivity contribution is 0.108. The second kappa shape index (κ2) is 5.37. The maximum atomic E-state index is 9.87. The molecule has 2 rings (SSSR count). The molecule has 0 aliphatic heterocycles. The Labute approximate surface area is 99.9 Å². The third-order valence-corrected chi connectivity index (χ3v) is 2.43. The molecule has 0 radical (unpaired) electrons. The third kappa shape index (κ3) is 3.23. The van der Waals surface area contributed by atoms with E-state index in [9.17, 15) is 5.11 Å². The van der Waals surface area contributed by atoms with Crippen molar-refractivity contribution in [3.05, 3.63) is 60.2 Å². The van der Waals surface area contributed by atoms with Gasteiger partial charge in [-0.25, -0.2) is 0 Å². The van der Waals surface area contributed by atoms with Gasteiger partial charge in [-0.2, -0.15) is 0 Å². The number of rotatable bonds is 4. The molecule has 0 aromatic heterocycles. The monoisotopic (exact) mass is 230 g/mol. The minimum Gasteiger partial charge on any atom is -0.508 e. The van der Waals surface area contributed by atoms with Gasteiger partial charge in [0.1, 0.15) is 24.2 Å². The first kappa shape index (κ1) is 11.5. The quantitative estimate of drug-likeness (QED) is 0.848. The van der Waals surface area contributed by atoms with Crippen molar-refractivity contribution in [1.29, 1.82) is 0 Å². The SMILES string of the molecule is Oc1ccc(C(O)COc2ccccc2)cc1. The molecule has 0 heterocycles. The van der Waals surface area contributed by atoms with Crippen LogP contribution in [0.5, 0.6) is 11.5 Å². The molecule has 2 N–H and O–H groups in total. The van der Waals surface area contributed by atoms with Crippen molar-refractivity contribution in [2.45, 2.75) is 6.10 Å². The zero-order valence-corrected chi connectivity index (χ0v) is 9.28. The first-order valence-electron chi connectivity index (χ1n) is 5.40. The zero-order valence-electron chi connectivity index (χ0n) is 9.28. The Balaban J connectivity index is 1.93. The highest BCUT2D eigenvalue weighted by Gasteiger charge is 2.08. The summed E-state index contributed by atoms with van der Waals surface area (Å²) < 4.78 is 5.44. The van der Waals surface area contributed by atoms with Crippen LogP contribution in [0.15, 0.2) is 54.6 Å². The normalized spacial score (nSPS) is 12.1. The van der Waals surface area contributed by atoms with E-state index in [0.717, 1.165) is 11.3 Å². The van der Waals surface area contributed by atoms with Crippen molar-refractivity contribution in [1.82, 2.24) is 0 Å². The highest BCUT2D eigenvalue weighted by Crippen LogP contribution is 2.18. The summed E-state index contributed by atoms with van der Waals surface area (Å²) in [4.78, 5) is 0. The Morgan fingerprint density at radius 3 is 2.24 bits per heavy atom. The predicted molar refractivity (Wildman–Crippen MR) is 65.0 cm³/mol. The van der Waals surface area contributed by atoms with Gasteiger partial charge >= 0.3 is 0 Å². The van der Waals surface area contributed by atoms with Gasteiger partial charge in [0.05, 0.1) is 0 Å². The zero-order chi connectivity index (χ0) is 12.1. The van der Waals surface area contributed by atoms with E-state index in [4.69, 9.17) is 9.84 Å². The van der Waals surface area contributed by atoms with Gasteiger partial charge in [-0.15, -0.1) is 0 Å². The molecule has 0 amide bonds. The van der Waals surface area contributed by atoms with E-state index in [1.165, 1.54) is 0 Å². The van der Waals surface area contributed by atoms with Crippen LogP contribution in [0.1, 0.15) is 11.7 Å². The largest absolute Gasteiger partial charge is 0.508 e. The van der Waals surface area contributed by atoms with Crippen LogP contribution in [-0.4, -0.2) is 16.8 Å². The summed E-state index contributed by atoms with van der Waals surface area (Å²) in [6.07, 6.45) is -0.698. The molecule has 0 spiro atoms. The van der Waals surface area contributed by atoms with Gasteiger partial charge in [0.2, 0.25) is 0 Å². The minimum absolute atomic E-state index is 0.185. The van der Waals surface area contributed by atoms with Crippen molar-refractivity contribution in [2.75, 3.05) is 6.61 Å². The third-order valence-electron chi connectivity index (χ3n) is 2.43. The van der Waals surface area contributed by atoms with E-state index in [1.54, 1.807) is 24.3 Å². The summed E-state index contributed by atoms with van der Waals surface area (Å²) >= 11 is 0. The van der Waals surface area contributed by atoms with Crippen LogP contribution in [0.2, 0.25) is 0 Å². The van der Waals surface area contributed by atoms with Crippen molar-refractivity contribution >= 4 is 0 Å². The number of hydrogen-bond acceptors (Lipinski definition) is 3. The number of phenolic OH excluding ortho intramolecular Hbond substituents is 1. The summed E-state index contributed by atoms with van der Waals surface area (Å²) in [5.41, 5.74) is 0.721. The van der Waals surface area contributed by atoms with Crippen LogP contribution < -0.4 is 4.74 Å². The Kier molecular flexibility index (Phi) is 3.62. The van der Waals surface area contributed by atoms with Crippen LogP contribution in [-0.2, 0) is 0 Å². The number of hydrogen-bond donors (Lipinski definition) is 2. The second-order valence-electron chi connectivity index (χ2n) is 3.73. The molecule has 2 aromatic carbocycles. The molecule has 2 aromatic rings. The fourth-order valence-electron chi connectivity index (χ4n) is 1.48. The molecule has 0 saturated heterocycles. The van der Waals surface area contributed by atoms with Gasteiger partial charge in [0.15, 0.2) is 0 Å². The number of phenols is 1. The number of aromatic hydroxyl groups is 1. The molecule has 1 unspecified atom stereocenters. The lowest BCUT2D eigenvalue weighted by Crippen LogP contribution is -2.09. The molecule has 0 aliphatic carbocycles. The van der Waals surface area contributed by atoms with Crippen molar-refractivity contribution in [2.24, 2.45) is 0 Å². The number of aliphatic hydroxyl groups excluding tert-OH is 1. The van der Waals surface area contributed by atoms with E-state index in [1.807, 2.05) is 30.3 Å². The molecule has 88 valence electrons. The highest BCUT2D eigenvalue weighted by molar-refractivity contribution is 5.27. The molecular weight excluding hydrogens is 216 g/mol. The molecule has 0 fully saturated rings.